The number of fused-ring (bicyclic) bond motifs is 1. The van der Waals surface area contributed by atoms with Crippen LogP contribution in [0.4, 0.5) is 40.9 Å². The summed E-state index contributed by atoms with van der Waals surface area (Å²) in [5.74, 6) is -3.71. The van der Waals surface area contributed by atoms with Gasteiger partial charge in [-0.05, 0) is 19.8 Å². The highest BCUT2D eigenvalue weighted by Crippen LogP contribution is 2.52. The summed E-state index contributed by atoms with van der Waals surface area (Å²) >= 11 is 6.16. The van der Waals surface area contributed by atoms with Crippen LogP contribution in [0.1, 0.15) is 42.1 Å². The van der Waals surface area contributed by atoms with Gasteiger partial charge in [-0.1, -0.05) is 35.9 Å². The van der Waals surface area contributed by atoms with Crippen LogP contribution in [0.15, 0.2) is 53.0 Å². The number of benzene rings is 2. The number of hydrogen-bond donors (Lipinski definition) is 1. The van der Waals surface area contributed by atoms with Gasteiger partial charge < -0.3 is 10.1 Å². The van der Waals surface area contributed by atoms with Crippen LogP contribution in [0.2, 0.25) is 5.15 Å². The Kier molecular flexibility index (Phi) is 8.41. The fraction of sp³-hybridized carbons (Fsp3) is 0.333. The maximum atomic E-state index is 15.3. The molecule has 0 aliphatic carbocycles. The number of nitrogens with one attached hydrogen (secondary N) is 1. The van der Waals surface area contributed by atoms with E-state index >= 15 is 8.78 Å². The number of halogens is 9. The van der Waals surface area contributed by atoms with Crippen LogP contribution in [-0.4, -0.2) is 50.4 Å². The lowest BCUT2D eigenvalue weighted by Gasteiger charge is -2.21. The highest BCUT2D eigenvalue weighted by Gasteiger charge is 2.65. The number of Topliss-reactive ketones (excluding diaryl/α,β-unsaturated/α-hetero) is 1. The molecule has 1 N–H and O–H groups in total. The molecule has 18 heteroatoms. The van der Waals surface area contributed by atoms with Crippen LogP contribution in [-0.2, 0) is 5.66 Å². The highest BCUT2D eigenvalue weighted by atomic mass is 35.5. The van der Waals surface area contributed by atoms with Crippen molar-refractivity contribution >= 4 is 29.0 Å². The average Bonchev–Trinajstić information content (AvgIpc) is 3.66. The Hall–Kier alpha value is -4.41. The van der Waals surface area contributed by atoms with Crippen LogP contribution >= 0.6 is 11.6 Å². The maximum Gasteiger partial charge on any atom is 0.442 e. The van der Waals surface area contributed by atoms with Crippen LogP contribution in [0, 0.1) is 11.6 Å². The van der Waals surface area contributed by atoms with E-state index in [1.807, 2.05) is 0 Å². The van der Waals surface area contributed by atoms with E-state index < -0.39 is 57.8 Å². The summed E-state index contributed by atoms with van der Waals surface area (Å²) in [6, 6.07) is 4.25. The third kappa shape index (κ3) is 6.39. The van der Waals surface area contributed by atoms with Crippen LogP contribution < -0.4 is 10.1 Å². The Balaban J connectivity index is 1.23. The topological polar surface area (TPSA) is 106 Å². The lowest BCUT2D eigenvalue weighted by atomic mass is 9.98. The second kappa shape index (κ2) is 11.8. The molecule has 0 bridgehead atoms. The molecule has 45 heavy (non-hydrogen) atoms. The van der Waals surface area contributed by atoms with Crippen LogP contribution in [0.25, 0.3) is 16.9 Å². The molecule has 0 fully saturated rings. The van der Waals surface area contributed by atoms with Gasteiger partial charge in [0.25, 0.3) is 5.78 Å². The minimum Gasteiger partial charge on any atom is -0.493 e. The molecule has 3 heterocycles. The Morgan fingerprint density at radius 2 is 1.67 bits per heavy atom. The maximum absolute atomic E-state index is 15.3. The van der Waals surface area contributed by atoms with Gasteiger partial charge in [-0.3, -0.25) is 4.79 Å². The highest BCUT2D eigenvalue weighted by molar-refractivity contribution is 6.33. The first-order valence-electron chi connectivity index (χ1n) is 13.1. The third-order valence-electron chi connectivity index (χ3n) is 6.86. The van der Waals surface area contributed by atoms with E-state index in [1.165, 1.54) is 12.1 Å². The van der Waals surface area contributed by atoms with Crippen molar-refractivity contribution in [3.63, 3.8) is 0 Å². The molecule has 9 nitrogen and oxygen atoms in total. The summed E-state index contributed by atoms with van der Waals surface area (Å²) in [4.78, 5) is 20.1. The molecule has 0 radical (unpaired) electrons. The average molecular weight is 662 g/mol. The quantitative estimate of drug-likeness (QED) is 0.0764. The Morgan fingerprint density at radius 3 is 2.24 bits per heavy atom. The summed E-state index contributed by atoms with van der Waals surface area (Å²) in [5.41, 5.74) is -3.90. The van der Waals surface area contributed by atoms with E-state index in [0.717, 1.165) is 42.0 Å². The van der Waals surface area contributed by atoms with Gasteiger partial charge in [0, 0.05) is 29.7 Å². The van der Waals surface area contributed by atoms with E-state index in [-0.39, 0.29) is 54.3 Å². The molecule has 1 aliphatic rings. The van der Waals surface area contributed by atoms with Crippen molar-refractivity contribution in [2.75, 3.05) is 11.9 Å². The summed E-state index contributed by atoms with van der Waals surface area (Å²) in [6.45, 7) is 0.729. The molecule has 238 valence electrons. The summed E-state index contributed by atoms with van der Waals surface area (Å²) in [6.07, 6.45) is -7.86. The number of nitrogens with zero attached hydrogens (tertiary/aromatic N) is 6. The smallest absolute Gasteiger partial charge is 0.442 e. The fourth-order valence-electron chi connectivity index (χ4n) is 4.38. The monoisotopic (exact) mass is 661 g/mol. The number of anilines is 1. The van der Waals surface area contributed by atoms with E-state index in [4.69, 9.17) is 16.3 Å². The largest absolute Gasteiger partial charge is 0.493 e. The van der Waals surface area contributed by atoms with E-state index in [0.29, 0.717) is 0 Å². The molecular formula is C27H20ClF8N7O2. The summed E-state index contributed by atoms with van der Waals surface area (Å²) in [7, 11) is 0. The predicted octanol–water partition coefficient (Wildman–Crippen LogP) is 7.70. The molecular weight excluding hydrogens is 642 g/mol. The number of unbranched alkanes of at least 4 members (excludes halogenated alkanes) is 1. The predicted molar refractivity (Wildman–Crippen MR) is 143 cm³/mol. The molecule has 2 aromatic carbocycles. The van der Waals surface area contributed by atoms with Crippen LogP contribution in [0.5, 0.6) is 5.75 Å². The zero-order valence-corrected chi connectivity index (χ0v) is 23.6. The molecule has 0 saturated carbocycles. The van der Waals surface area contributed by atoms with Gasteiger partial charge in [0.2, 0.25) is 0 Å². The van der Waals surface area contributed by atoms with Gasteiger partial charge in [-0.25, -0.2) is 8.78 Å². The van der Waals surface area contributed by atoms with Crippen molar-refractivity contribution in [1.29, 1.82) is 0 Å². The summed E-state index contributed by atoms with van der Waals surface area (Å²) < 4.78 is 116. The Bertz CT molecular complexity index is 1750. The molecule has 5 rings (SSSR count). The van der Waals surface area contributed by atoms with Crippen molar-refractivity contribution in [2.45, 2.75) is 50.2 Å². The van der Waals surface area contributed by atoms with E-state index in [9.17, 15) is 31.1 Å². The van der Waals surface area contributed by atoms with Gasteiger partial charge in [0.05, 0.1) is 17.7 Å². The minimum atomic E-state index is -4.73. The first-order chi connectivity index (χ1) is 21.1. The number of ketones is 1. The standard InChI is InChI=1S/C27H20ClF8N7O2/c1-13(26(31,32)33)39-23-21(22(28)40-24-37-12-38-43(23)24)20-17(29)10-16(11-18(20)30)45-9-3-2-4-19(44)14-5-7-15(8-6-14)25(41-42-25)27(34,35)36/h5-8,10-13,39H,2-4,9H2,1H3/t13-/m0/s1. The number of ether oxygens (including phenoxy) is 1. The summed E-state index contributed by atoms with van der Waals surface area (Å²) in [5, 5.41) is 11.6. The van der Waals surface area contributed by atoms with E-state index in [2.05, 4.69) is 30.6 Å². The normalized spacial score (nSPS) is 14.9. The first kappa shape index (κ1) is 32.0. The van der Waals surface area contributed by atoms with Gasteiger partial charge >= 0.3 is 18.0 Å². The van der Waals surface area contributed by atoms with Gasteiger partial charge in [0.1, 0.15) is 40.7 Å². The first-order valence-corrected chi connectivity index (χ1v) is 13.5. The zero-order chi connectivity index (χ0) is 32.7. The molecule has 0 saturated heterocycles. The van der Waals surface area contributed by atoms with Gasteiger partial charge in [0.15, 0.2) is 5.78 Å². The zero-order valence-electron chi connectivity index (χ0n) is 22.8. The number of carbonyl (C=O) groups excluding carboxylic acids is 1. The molecule has 0 unspecified atom stereocenters. The number of aromatic nitrogens is 4. The van der Waals surface area contributed by atoms with Crippen molar-refractivity contribution < 1.29 is 44.7 Å². The number of rotatable bonds is 11. The lowest BCUT2D eigenvalue weighted by molar-refractivity contribution is -0.166. The number of alkyl halides is 6. The number of carbonyl (C=O) groups is 1. The SMILES string of the molecule is C[C@H](Nc1c(-c2c(F)cc(OCCCCC(=O)c3ccc(C4(C(F)(F)F)N=N4)cc3)cc2F)c(Cl)nc2ncnn12)C(F)(F)F. The second-order valence-corrected chi connectivity index (χ2v) is 10.3. The van der Waals surface area contributed by atoms with E-state index in [1.54, 1.807) is 0 Å². The second-order valence-electron chi connectivity index (χ2n) is 9.94. The van der Waals surface area contributed by atoms with Crippen LogP contribution in [0.3, 0.4) is 0 Å². The Morgan fingerprint density at radius 1 is 1.02 bits per heavy atom. The molecule has 2 aromatic heterocycles. The number of hydrogen-bond acceptors (Lipinski definition) is 8. The van der Waals surface area contributed by atoms with Crippen molar-refractivity contribution in [2.24, 2.45) is 10.2 Å². The molecule has 1 atom stereocenters. The molecule has 4 aromatic rings. The molecule has 0 spiro atoms. The Labute approximate surface area is 253 Å². The van der Waals surface area contributed by atoms with Gasteiger partial charge in [-0.15, -0.1) is 10.2 Å². The van der Waals surface area contributed by atoms with Crippen molar-refractivity contribution in [1.82, 2.24) is 19.6 Å². The molecule has 1 aliphatic heterocycles. The minimum absolute atomic E-state index is 0.0198. The third-order valence-corrected chi connectivity index (χ3v) is 7.14. The molecule has 0 amide bonds. The fourth-order valence-corrected chi connectivity index (χ4v) is 4.64. The lowest BCUT2D eigenvalue weighted by Crippen LogP contribution is -2.34. The van der Waals surface area contributed by atoms with Crippen molar-refractivity contribution in [3.05, 3.63) is 70.6 Å². The van der Waals surface area contributed by atoms with Crippen molar-refractivity contribution in [3.8, 4) is 16.9 Å². The van der Waals surface area contributed by atoms with Gasteiger partial charge in [-0.2, -0.15) is 45.9 Å².